The van der Waals surface area contributed by atoms with Gasteiger partial charge in [-0.15, -0.1) is 0 Å². The topological polar surface area (TPSA) is 51.7 Å². The Morgan fingerprint density at radius 2 is 2.09 bits per heavy atom. The molecule has 1 aliphatic rings. The second-order valence-electron chi connectivity index (χ2n) is 5.41. The molecule has 1 amide bonds. The average molecular weight is 333 g/mol. The number of methoxy groups -OCH3 is 1. The quantitative estimate of drug-likeness (QED) is 0.863. The largest absolute Gasteiger partial charge is 0.496 e. The number of nitrogens with zero attached hydrogens (tertiary/aromatic N) is 2. The highest BCUT2D eigenvalue weighted by Crippen LogP contribution is 2.26. The lowest BCUT2D eigenvalue weighted by atomic mass is 10.1. The smallest absolute Gasteiger partial charge is 0.257 e. The summed E-state index contributed by atoms with van der Waals surface area (Å²) >= 11 is 5.98. The highest BCUT2D eigenvalue weighted by Gasteiger charge is 2.34. The van der Waals surface area contributed by atoms with Gasteiger partial charge in [0.2, 0.25) is 5.88 Å². The van der Waals surface area contributed by atoms with Crippen LogP contribution < -0.4 is 9.47 Å². The third-order valence-corrected chi connectivity index (χ3v) is 3.91. The van der Waals surface area contributed by atoms with Gasteiger partial charge in [0, 0.05) is 16.8 Å². The van der Waals surface area contributed by atoms with Crippen molar-refractivity contribution < 1.29 is 14.3 Å². The van der Waals surface area contributed by atoms with Crippen LogP contribution in [0.15, 0.2) is 36.4 Å². The fraction of sp³-hybridized carbons (Fsp3) is 0.294. The Hall–Kier alpha value is -2.27. The van der Waals surface area contributed by atoms with Crippen LogP contribution in [0.4, 0.5) is 0 Å². The minimum absolute atomic E-state index is 0.0431. The minimum atomic E-state index is -0.110. The van der Waals surface area contributed by atoms with Gasteiger partial charge in [-0.2, -0.15) is 0 Å². The van der Waals surface area contributed by atoms with E-state index in [1.807, 2.05) is 25.1 Å². The highest BCUT2D eigenvalue weighted by atomic mass is 35.5. The first-order valence-electron chi connectivity index (χ1n) is 7.30. The average Bonchev–Trinajstić information content (AvgIpc) is 2.50. The van der Waals surface area contributed by atoms with E-state index in [1.54, 1.807) is 23.1 Å². The number of rotatable bonds is 4. The zero-order chi connectivity index (χ0) is 16.4. The molecule has 2 heterocycles. The monoisotopic (exact) mass is 332 g/mol. The van der Waals surface area contributed by atoms with E-state index in [9.17, 15) is 4.79 Å². The van der Waals surface area contributed by atoms with Crippen LogP contribution in [0.3, 0.4) is 0 Å². The van der Waals surface area contributed by atoms with Crippen LogP contribution in [0.1, 0.15) is 16.1 Å². The van der Waals surface area contributed by atoms with Gasteiger partial charge >= 0.3 is 0 Å². The predicted octanol–water partition coefficient (Wildman–Crippen LogP) is 2.96. The molecule has 23 heavy (non-hydrogen) atoms. The Morgan fingerprint density at radius 1 is 1.30 bits per heavy atom. The first kappa shape index (κ1) is 15.6. The molecule has 1 aliphatic heterocycles. The van der Waals surface area contributed by atoms with Crippen LogP contribution in [0.2, 0.25) is 5.02 Å². The van der Waals surface area contributed by atoms with Gasteiger partial charge in [-0.25, -0.2) is 4.98 Å². The number of ether oxygens (including phenoxy) is 2. The maximum absolute atomic E-state index is 12.5. The molecule has 0 saturated carbocycles. The molecule has 1 fully saturated rings. The number of carbonyl (C=O) groups excluding carboxylic acids is 1. The molecule has 0 unspecified atom stereocenters. The van der Waals surface area contributed by atoms with E-state index in [0.29, 0.717) is 35.3 Å². The van der Waals surface area contributed by atoms with Crippen LogP contribution in [0.5, 0.6) is 11.6 Å². The number of pyridine rings is 1. The minimum Gasteiger partial charge on any atom is -0.496 e. The van der Waals surface area contributed by atoms with Gasteiger partial charge in [0.15, 0.2) is 0 Å². The summed E-state index contributed by atoms with van der Waals surface area (Å²) in [7, 11) is 1.53. The van der Waals surface area contributed by atoms with Crippen molar-refractivity contribution in [3.63, 3.8) is 0 Å². The van der Waals surface area contributed by atoms with E-state index in [1.165, 1.54) is 7.11 Å². The zero-order valence-corrected chi connectivity index (χ0v) is 13.7. The SMILES string of the molecule is COc1ccc(Cl)cc1C(=O)N1CC(Oc2cccc(C)n2)C1. The summed E-state index contributed by atoms with van der Waals surface area (Å²) in [4.78, 5) is 18.5. The molecular weight excluding hydrogens is 316 g/mol. The van der Waals surface area contributed by atoms with Gasteiger partial charge in [0.1, 0.15) is 11.9 Å². The fourth-order valence-corrected chi connectivity index (χ4v) is 2.62. The molecule has 0 aliphatic carbocycles. The summed E-state index contributed by atoms with van der Waals surface area (Å²) in [5.41, 5.74) is 1.37. The summed E-state index contributed by atoms with van der Waals surface area (Å²) in [6, 6.07) is 10.6. The van der Waals surface area contributed by atoms with E-state index in [-0.39, 0.29) is 12.0 Å². The number of aryl methyl sites for hydroxylation is 1. The molecule has 2 aromatic rings. The summed E-state index contributed by atoms with van der Waals surface area (Å²) in [6.07, 6.45) is -0.0431. The van der Waals surface area contributed by atoms with Gasteiger partial charge < -0.3 is 14.4 Å². The van der Waals surface area contributed by atoms with Crippen molar-refractivity contribution in [1.29, 1.82) is 0 Å². The molecule has 1 aromatic heterocycles. The van der Waals surface area contributed by atoms with E-state index < -0.39 is 0 Å². The van der Waals surface area contributed by atoms with Gasteiger partial charge in [0.25, 0.3) is 5.91 Å². The van der Waals surface area contributed by atoms with Gasteiger partial charge in [-0.05, 0) is 31.2 Å². The molecule has 0 spiro atoms. The number of hydrogen-bond acceptors (Lipinski definition) is 4. The molecule has 120 valence electrons. The van der Waals surface area contributed by atoms with Crippen molar-refractivity contribution in [3.8, 4) is 11.6 Å². The summed E-state index contributed by atoms with van der Waals surface area (Å²) in [6.45, 7) is 2.95. The lowest BCUT2D eigenvalue weighted by Crippen LogP contribution is -2.56. The van der Waals surface area contributed by atoms with E-state index in [0.717, 1.165) is 5.69 Å². The Morgan fingerprint density at radius 3 is 2.78 bits per heavy atom. The number of carbonyl (C=O) groups is 1. The predicted molar refractivity (Wildman–Crippen MR) is 87.3 cm³/mol. The van der Waals surface area contributed by atoms with Crippen LogP contribution in [-0.2, 0) is 0 Å². The highest BCUT2D eigenvalue weighted by molar-refractivity contribution is 6.31. The van der Waals surface area contributed by atoms with Crippen molar-refractivity contribution in [1.82, 2.24) is 9.88 Å². The van der Waals surface area contributed by atoms with Crippen molar-refractivity contribution in [3.05, 3.63) is 52.7 Å². The van der Waals surface area contributed by atoms with E-state index >= 15 is 0 Å². The first-order valence-corrected chi connectivity index (χ1v) is 7.68. The molecule has 0 atom stereocenters. The van der Waals surface area contributed by atoms with Gasteiger partial charge in [-0.1, -0.05) is 17.7 Å². The molecule has 3 rings (SSSR count). The van der Waals surface area contributed by atoms with Crippen LogP contribution in [0.25, 0.3) is 0 Å². The van der Waals surface area contributed by atoms with Gasteiger partial charge in [0.05, 0.1) is 25.8 Å². The van der Waals surface area contributed by atoms with Gasteiger partial charge in [-0.3, -0.25) is 4.79 Å². The van der Waals surface area contributed by atoms with Crippen LogP contribution >= 0.6 is 11.6 Å². The van der Waals surface area contributed by atoms with Crippen molar-refractivity contribution >= 4 is 17.5 Å². The molecular formula is C17H17ClN2O3. The van der Waals surface area contributed by atoms with Crippen LogP contribution in [0, 0.1) is 6.92 Å². The molecule has 0 N–H and O–H groups in total. The molecule has 0 bridgehead atoms. The van der Waals surface area contributed by atoms with Crippen molar-refractivity contribution in [2.45, 2.75) is 13.0 Å². The standard InChI is InChI=1S/C17H17ClN2O3/c1-11-4-3-5-16(19-11)23-13-9-20(10-13)17(21)14-8-12(18)6-7-15(14)22-2/h3-8,13H,9-10H2,1-2H3. The molecule has 6 heteroatoms. The summed E-state index contributed by atoms with van der Waals surface area (Å²) < 4.78 is 11.0. The Kier molecular flexibility index (Phi) is 4.39. The van der Waals surface area contributed by atoms with E-state index in [4.69, 9.17) is 21.1 Å². The normalized spacial score (nSPS) is 14.3. The molecule has 1 saturated heterocycles. The van der Waals surface area contributed by atoms with Crippen LogP contribution in [-0.4, -0.2) is 42.1 Å². The second kappa shape index (κ2) is 6.46. The number of halogens is 1. The maximum atomic E-state index is 12.5. The maximum Gasteiger partial charge on any atom is 0.257 e. The zero-order valence-electron chi connectivity index (χ0n) is 13.0. The second-order valence-corrected chi connectivity index (χ2v) is 5.85. The van der Waals surface area contributed by atoms with Crippen molar-refractivity contribution in [2.24, 2.45) is 0 Å². The first-order chi connectivity index (χ1) is 11.1. The third-order valence-electron chi connectivity index (χ3n) is 3.68. The lowest BCUT2D eigenvalue weighted by molar-refractivity contribution is 0.0157. The lowest BCUT2D eigenvalue weighted by Gasteiger charge is -2.38. The molecule has 1 aromatic carbocycles. The number of amides is 1. The summed E-state index contributed by atoms with van der Waals surface area (Å²) in [5.74, 6) is 0.993. The number of aromatic nitrogens is 1. The fourth-order valence-electron chi connectivity index (χ4n) is 2.45. The Balaban J connectivity index is 1.63. The molecule has 0 radical (unpaired) electrons. The molecule has 5 nitrogen and oxygen atoms in total. The van der Waals surface area contributed by atoms with Crippen molar-refractivity contribution in [2.75, 3.05) is 20.2 Å². The summed E-state index contributed by atoms with van der Waals surface area (Å²) in [5, 5.41) is 0.506. The number of hydrogen-bond donors (Lipinski definition) is 0. The number of benzene rings is 1. The third kappa shape index (κ3) is 3.40. The Labute approximate surface area is 139 Å². The van der Waals surface area contributed by atoms with E-state index in [2.05, 4.69) is 4.98 Å². The number of likely N-dealkylation sites (tertiary alicyclic amines) is 1. The Bertz CT molecular complexity index is 730.